The fraction of sp³-hybridized carbons (Fsp3) is 0.579. The Balaban J connectivity index is 0.000000253. The number of carboxylic acids is 1. The van der Waals surface area contributed by atoms with E-state index in [-0.39, 0.29) is 17.0 Å². The number of carboxylic acid groups (broad SMARTS) is 1. The lowest BCUT2D eigenvalue weighted by molar-refractivity contribution is -0.148. The predicted molar refractivity (Wildman–Crippen MR) is 92.5 cm³/mol. The molecule has 1 aromatic rings. The minimum atomic E-state index is -0.879. The molecule has 1 fully saturated rings. The third kappa shape index (κ3) is 5.08. The first-order valence-electron chi connectivity index (χ1n) is 8.06. The normalized spacial score (nSPS) is 19.5. The monoisotopic (exact) mass is 319 g/mol. The van der Waals surface area contributed by atoms with Crippen LogP contribution in [0, 0.1) is 5.92 Å². The number of rotatable bonds is 1. The molecular formula is C19H29NO3. The van der Waals surface area contributed by atoms with Gasteiger partial charge in [-0.3, -0.25) is 4.79 Å². The Morgan fingerprint density at radius 1 is 1.04 bits per heavy atom. The first-order chi connectivity index (χ1) is 10.5. The van der Waals surface area contributed by atoms with Gasteiger partial charge in [-0.05, 0) is 58.6 Å². The molecule has 1 N–H and O–H groups in total. The molecule has 2 rings (SSSR count). The Morgan fingerprint density at radius 2 is 1.48 bits per heavy atom. The van der Waals surface area contributed by atoms with E-state index in [1.165, 1.54) is 0 Å². The second-order valence-electron chi connectivity index (χ2n) is 7.66. The molecule has 128 valence electrons. The van der Waals surface area contributed by atoms with Crippen molar-refractivity contribution in [2.75, 3.05) is 0 Å². The van der Waals surface area contributed by atoms with Crippen molar-refractivity contribution in [3.63, 3.8) is 0 Å². The van der Waals surface area contributed by atoms with Crippen LogP contribution in [0.5, 0.6) is 0 Å². The molecule has 1 aliphatic rings. The second-order valence-corrected chi connectivity index (χ2v) is 7.66. The van der Waals surface area contributed by atoms with Gasteiger partial charge in [0.15, 0.2) is 0 Å². The average Bonchev–Trinajstić information content (AvgIpc) is 2.36. The standard InChI is InChI=1S/C12H23NO.C7H6O2/c1-9-7-11(3,4)13(10(2)14)12(5,6)8-9;8-7(9)6-4-2-1-3-5-6/h9H,7-8H2,1-6H3;1-5H,(H,8,9). The molecular weight excluding hydrogens is 290 g/mol. The van der Waals surface area contributed by atoms with Crippen LogP contribution in [-0.4, -0.2) is 33.0 Å². The summed E-state index contributed by atoms with van der Waals surface area (Å²) in [6, 6.07) is 8.30. The predicted octanol–water partition coefficient (Wildman–Crippen LogP) is 4.21. The summed E-state index contributed by atoms with van der Waals surface area (Å²) in [6.07, 6.45) is 2.21. The van der Waals surface area contributed by atoms with Crippen LogP contribution in [0.2, 0.25) is 0 Å². The van der Waals surface area contributed by atoms with Crippen molar-refractivity contribution in [3.05, 3.63) is 35.9 Å². The lowest BCUT2D eigenvalue weighted by atomic mass is 9.74. The number of likely N-dealkylation sites (tertiary alicyclic amines) is 1. The molecule has 1 saturated heterocycles. The molecule has 0 atom stereocenters. The molecule has 1 aliphatic heterocycles. The molecule has 4 nitrogen and oxygen atoms in total. The van der Waals surface area contributed by atoms with Gasteiger partial charge < -0.3 is 10.0 Å². The minimum absolute atomic E-state index is 0.00694. The van der Waals surface area contributed by atoms with Crippen LogP contribution in [0.15, 0.2) is 30.3 Å². The number of hydrogen-bond acceptors (Lipinski definition) is 2. The van der Waals surface area contributed by atoms with E-state index in [1.54, 1.807) is 37.3 Å². The summed E-state index contributed by atoms with van der Waals surface area (Å²) >= 11 is 0. The van der Waals surface area contributed by atoms with Crippen LogP contribution < -0.4 is 0 Å². The molecule has 0 bridgehead atoms. The number of carbonyl (C=O) groups is 2. The maximum Gasteiger partial charge on any atom is 0.335 e. The molecule has 0 spiro atoms. The number of aromatic carboxylic acids is 1. The molecule has 0 radical (unpaired) electrons. The Bertz CT molecular complexity index is 531. The van der Waals surface area contributed by atoms with Crippen LogP contribution in [0.25, 0.3) is 0 Å². The van der Waals surface area contributed by atoms with E-state index in [9.17, 15) is 9.59 Å². The highest BCUT2D eigenvalue weighted by Gasteiger charge is 2.45. The van der Waals surface area contributed by atoms with Crippen molar-refractivity contribution in [1.29, 1.82) is 0 Å². The summed E-state index contributed by atoms with van der Waals surface area (Å²) < 4.78 is 0. The van der Waals surface area contributed by atoms with Crippen molar-refractivity contribution in [1.82, 2.24) is 4.90 Å². The Kier molecular flexibility index (Phi) is 5.98. The molecule has 1 heterocycles. The molecule has 0 unspecified atom stereocenters. The molecule has 1 amide bonds. The van der Waals surface area contributed by atoms with Gasteiger partial charge in [-0.15, -0.1) is 0 Å². The van der Waals surface area contributed by atoms with Crippen LogP contribution in [0.1, 0.15) is 64.7 Å². The van der Waals surface area contributed by atoms with Crippen molar-refractivity contribution >= 4 is 11.9 Å². The number of amides is 1. The van der Waals surface area contributed by atoms with Crippen LogP contribution in [0.4, 0.5) is 0 Å². The Labute approximate surface area is 139 Å². The summed E-state index contributed by atoms with van der Waals surface area (Å²) in [5.74, 6) is 0.0260. The fourth-order valence-electron chi connectivity index (χ4n) is 4.21. The summed E-state index contributed by atoms with van der Waals surface area (Å²) in [5.41, 5.74) is 0.345. The highest BCUT2D eigenvalue weighted by Crippen LogP contribution is 2.40. The Morgan fingerprint density at radius 3 is 1.78 bits per heavy atom. The maximum atomic E-state index is 11.7. The van der Waals surface area contributed by atoms with Crippen LogP contribution >= 0.6 is 0 Å². The fourth-order valence-corrected chi connectivity index (χ4v) is 4.21. The largest absolute Gasteiger partial charge is 0.478 e. The van der Waals surface area contributed by atoms with Crippen molar-refractivity contribution in [2.45, 2.75) is 65.5 Å². The molecule has 0 aromatic heterocycles. The van der Waals surface area contributed by atoms with Gasteiger partial charge in [0.25, 0.3) is 0 Å². The first-order valence-corrected chi connectivity index (χ1v) is 8.06. The van der Waals surface area contributed by atoms with Crippen molar-refractivity contribution in [3.8, 4) is 0 Å². The molecule has 0 aliphatic carbocycles. The van der Waals surface area contributed by atoms with E-state index in [4.69, 9.17) is 5.11 Å². The number of carbonyl (C=O) groups excluding carboxylic acids is 1. The maximum absolute atomic E-state index is 11.7. The smallest absolute Gasteiger partial charge is 0.335 e. The van der Waals surface area contributed by atoms with E-state index in [0.717, 1.165) is 12.8 Å². The number of nitrogens with zero attached hydrogens (tertiary/aromatic N) is 1. The van der Waals surface area contributed by atoms with E-state index >= 15 is 0 Å². The van der Waals surface area contributed by atoms with Crippen molar-refractivity contribution in [2.24, 2.45) is 5.92 Å². The van der Waals surface area contributed by atoms with E-state index in [1.807, 2.05) is 0 Å². The zero-order valence-electron chi connectivity index (χ0n) is 15.1. The van der Waals surface area contributed by atoms with E-state index < -0.39 is 5.97 Å². The second kappa shape index (κ2) is 7.16. The SMILES string of the molecule is CC(=O)N1C(C)(C)CC(C)CC1(C)C.O=C(O)c1ccccc1. The number of benzene rings is 1. The first kappa shape index (κ1) is 19.2. The van der Waals surface area contributed by atoms with Gasteiger partial charge in [0.2, 0.25) is 5.91 Å². The van der Waals surface area contributed by atoms with Crippen LogP contribution in [-0.2, 0) is 4.79 Å². The van der Waals surface area contributed by atoms with E-state index in [2.05, 4.69) is 39.5 Å². The topological polar surface area (TPSA) is 57.6 Å². The zero-order valence-corrected chi connectivity index (χ0v) is 15.1. The summed E-state index contributed by atoms with van der Waals surface area (Å²) in [5, 5.41) is 8.38. The van der Waals surface area contributed by atoms with Crippen LogP contribution in [0.3, 0.4) is 0 Å². The third-order valence-electron chi connectivity index (χ3n) is 4.24. The van der Waals surface area contributed by atoms with E-state index in [0.29, 0.717) is 11.5 Å². The molecule has 0 saturated carbocycles. The molecule has 4 heteroatoms. The van der Waals surface area contributed by atoms with Gasteiger partial charge >= 0.3 is 5.97 Å². The van der Waals surface area contributed by atoms with Gasteiger partial charge in [-0.2, -0.15) is 0 Å². The van der Waals surface area contributed by atoms with Gasteiger partial charge in [0.1, 0.15) is 0 Å². The summed E-state index contributed by atoms with van der Waals surface area (Å²) in [7, 11) is 0. The van der Waals surface area contributed by atoms with Gasteiger partial charge in [0.05, 0.1) is 5.56 Å². The average molecular weight is 319 g/mol. The highest BCUT2D eigenvalue weighted by molar-refractivity contribution is 5.87. The zero-order chi connectivity index (χ0) is 17.8. The molecule has 23 heavy (non-hydrogen) atoms. The quantitative estimate of drug-likeness (QED) is 0.843. The van der Waals surface area contributed by atoms with Gasteiger partial charge in [-0.1, -0.05) is 25.1 Å². The Hall–Kier alpha value is -1.84. The van der Waals surface area contributed by atoms with Gasteiger partial charge in [0, 0.05) is 18.0 Å². The lowest BCUT2D eigenvalue weighted by Crippen LogP contribution is -2.61. The summed E-state index contributed by atoms with van der Waals surface area (Å²) in [6.45, 7) is 12.6. The lowest BCUT2D eigenvalue weighted by Gasteiger charge is -2.54. The third-order valence-corrected chi connectivity index (χ3v) is 4.24. The number of hydrogen-bond donors (Lipinski definition) is 1. The summed E-state index contributed by atoms with van der Waals surface area (Å²) in [4.78, 5) is 23.9. The number of piperidine rings is 1. The molecule has 1 aromatic carbocycles. The van der Waals surface area contributed by atoms with Crippen molar-refractivity contribution < 1.29 is 14.7 Å². The minimum Gasteiger partial charge on any atom is -0.478 e. The van der Waals surface area contributed by atoms with Gasteiger partial charge in [-0.25, -0.2) is 4.79 Å². The highest BCUT2D eigenvalue weighted by atomic mass is 16.4.